The van der Waals surface area contributed by atoms with Crippen LogP contribution < -0.4 is 10.6 Å². The van der Waals surface area contributed by atoms with E-state index in [4.69, 9.17) is 0 Å². The third-order valence-electron chi connectivity index (χ3n) is 2.79. The maximum absolute atomic E-state index is 11.9. The Kier molecular flexibility index (Phi) is 4.39. The van der Waals surface area contributed by atoms with E-state index in [1.54, 1.807) is 0 Å². The van der Waals surface area contributed by atoms with E-state index in [1.165, 1.54) is 0 Å². The van der Waals surface area contributed by atoms with Crippen LogP contribution in [0.4, 0.5) is 4.79 Å². The van der Waals surface area contributed by atoms with Crippen LogP contribution in [0.2, 0.25) is 0 Å². The topological polar surface area (TPSA) is 44.4 Å². The van der Waals surface area contributed by atoms with E-state index >= 15 is 0 Å². The normalized spacial score (nSPS) is 15.7. The van der Waals surface area contributed by atoms with Gasteiger partial charge >= 0.3 is 6.03 Å². The van der Waals surface area contributed by atoms with Gasteiger partial charge in [-0.3, -0.25) is 0 Å². The molecular formula is C12H16BrN3O. The molecule has 0 bridgehead atoms. The second-order valence-electron chi connectivity index (χ2n) is 3.99. The standard InChI is InChI=1S/C12H16BrN3O/c13-11-4-2-1-3-10(11)9-15-12(17)16-7-5-14-6-8-16/h1-4,14H,5-9H2,(H,15,17). The first kappa shape index (κ1) is 12.4. The number of piperazine rings is 1. The van der Waals surface area contributed by atoms with Gasteiger partial charge in [-0.05, 0) is 11.6 Å². The number of urea groups is 1. The van der Waals surface area contributed by atoms with Crippen LogP contribution in [-0.2, 0) is 6.54 Å². The van der Waals surface area contributed by atoms with Gasteiger partial charge in [0.15, 0.2) is 0 Å². The maximum Gasteiger partial charge on any atom is 0.317 e. The first-order valence-electron chi connectivity index (χ1n) is 5.74. The van der Waals surface area contributed by atoms with Gasteiger partial charge in [-0.1, -0.05) is 34.1 Å². The summed E-state index contributed by atoms with van der Waals surface area (Å²) in [6.45, 7) is 3.87. The molecule has 0 aliphatic carbocycles. The fraction of sp³-hybridized carbons (Fsp3) is 0.417. The van der Waals surface area contributed by atoms with Crippen molar-refractivity contribution in [3.63, 3.8) is 0 Å². The van der Waals surface area contributed by atoms with Gasteiger partial charge in [0.05, 0.1) is 0 Å². The SMILES string of the molecule is O=C(NCc1ccccc1Br)N1CCNCC1. The molecule has 0 atom stereocenters. The third kappa shape index (κ3) is 3.44. The molecule has 1 fully saturated rings. The molecule has 17 heavy (non-hydrogen) atoms. The Hall–Kier alpha value is -1.07. The van der Waals surface area contributed by atoms with Crippen LogP contribution in [0.1, 0.15) is 5.56 Å². The zero-order valence-corrected chi connectivity index (χ0v) is 11.2. The highest BCUT2D eigenvalue weighted by Gasteiger charge is 2.15. The summed E-state index contributed by atoms with van der Waals surface area (Å²) in [6, 6.07) is 7.93. The number of hydrogen-bond donors (Lipinski definition) is 2. The van der Waals surface area contributed by atoms with Crippen molar-refractivity contribution in [3.05, 3.63) is 34.3 Å². The number of nitrogens with one attached hydrogen (secondary N) is 2. The Morgan fingerprint density at radius 1 is 1.35 bits per heavy atom. The molecule has 2 N–H and O–H groups in total. The molecule has 2 rings (SSSR count). The number of hydrogen-bond acceptors (Lipinski definition) is 2. The smallest absolute Gasteiger partial charge is 0.317 e. The van der Waals surface area contributed by atoms with Crippen molar-refractivity contribution in [2.75, 3.05) is 26.2 Å². The molecule has 1 aromatic rings. The number of carbonyl (C=O) groups is 1. The Morgan fingerprint density at radius 2 is 2.06 bits per heavy atom. The summed E-state index contributed by atoms with van der Waals surface area (Å²) < 4.78 is 1.03. The molecule has 0 aromatic heterocycles. The lowest BCUT2D eigenvalue weighted by molar-refractivity contribution is 0.189. The van der Waals surface area contributed by atoms with Crippen molar-refractivity contribution in [3.8, 4) is 0 Å². The Morgan fingerprint density at radius 3 is 2.76 bits per heavy atom. The van der Waals surface area contributed by atoms with Crippen molar-refractivity contribution in [1.29, 1.82) is 0 Å². The lowest BCUT2D eigenvalue weighted by Gasteiger charge is -2.27. The van der Waals surface area contributed by atoms with E-state index in [0.717, 1.165) is 36.2 Å². The highest BCUT2D eigenvalue weighted by atomic mass is 79.9. The fourth-order valence-corrected chi connectivity index (χ4v) is 2.22. The van der Waals surface area contributed by atoms with Crippen LogP contribution in [0.5, 0.6) is 0 Å². The number of carbonyl (C=O) groups excluding carboxylic acids is 1. The van der Waals surface area contributed by atoms with Gasteiger partial charge in [-0.15, -0.1) is 0 Å². The first-order valence-corrected chi connectivity index (χ1v) is 6.53. The molecule has 0 spiro atoms. The lowest BCUT2D eigenvalue weighted by atomic mass is 10.2. The highest BCUT2D eigenvalue weighted by molar-refractivity contribution is 9.10. The predicted octanol–water partition coefficient (Wildman–Crippen LogP) is 1.56. The number of nitrogens with zero attached hydrogens (tertiary/aromatic N) is 1. The van der Waals surface area contributed by atoms with E-state index in [0.29, 0.717) is 6.54 Å². The zero-order chi connectivity index (χ0) is 12.1. The van der Waals surface area contributed by atoms with Crippen molar-refractivity contribution >= 4 is 22.0 Å². The molecule has 1 saturated heterocycles. The number of rotatable bonds is 2. The molecule has 1 heterocycles. The molecule has 0 radical (unpaired) electrons. The molecule has 92 valence electrons. The molecule has 2 amide bonds. The van der Waals surface area contributed by atoms with Crippen LogP contribution in [0.25, 0.3) is 0 Å². The van der Waals surface area contributed by atoms with Crippen LogP contribution >= 0.6 is 15.9 Å². The fourth-order valence-electron chi connectivity index (χ4n) is 1.79. The van der Waals surface area contributed by atoms with E-state index in [9.17, 15) is 4.79 Å². The number of benzene rings is 1. The van der Waals surface area contributed by atoms with Gasteiger partial charge in [0.2, 0.25) is 0 Å². The quantitative estimate of drug-likeness (QED) is 0.870. The first-order chi connectivity index (χ1) is 8.27. The second-order valence-corrected chi connectivity index (χ2v) is 4.84. The third-order valence-corrected chi connectivity index (χ3v) is 3.57. The molecule has 1 aliphatic rings. The summed E-state index contributed by atoms with van der Waals surface area (Å²) in [7, 11) is 0. The van der Waals surface area contributed by atoms with Crippen molar-refractivity contribution < 1.29 is 4.79 Å². The zero-order valence-electron chi connectivity index (χ0n) is 9.58. The largest absolute Gasteiger partial charge is 0.334 e. The Bertz CT molecular complexity index is 391. The van der Waals surface area contributed by atoms with E-state index < -0.39 is 0 Å². The monoisotopic (exact) mass is 297 g/mol. The Labute approximate surface area is 110 Å². The average Bonchev–Trinajstić information content (AvgIpc) is 2.38. The van der Waals surface area contributed by atoms with E-state index in [1.807, 2.05) is 29.2 Å². The van der Waals surface area contributed by atoms with E-state index in [-0.39, 0.29) is 6.03 Å². The molecular weight excluding hydrogens is 282 g/mol. The summed E-state index contributed by atoms with van der Waals surface area (Å²) in [5.41, 5.74) is 1.09. The molecule has 1 aliphatic heterocycles. The van der Waals surface area contributed by atoms with Crippen LogP contribution in [0.3, 0.4) is 0 Å². The summed E-state index contributed by atoms with van der Waals surface area (Å²) >= 11 is 3.47. The van der Waals surface area contributed by atoms with Crippen LogP contribution in [0, 0.1) is 0 Å². The lowest BCUT2D eigenvalue weighted by Crippen LogP contribution is -2.50. The highest BCUT2D eigenvalue weighted by Crippen LogP contribution is 2.15. The number of halogens is 1. The number of amides is 2. The van der Waals surface area contributed by atoms with Gasteiger partial charge < -0.3 is 15.5 Å². The maximum atomic E-state index is 11.9. The summed E-state index contributed by atoms with van der Waals surface area (Å²) in [4.78, 5) is 13.7. The average molecular weight is 298 g/mol. The minimum atomic E-state index is 0.0160. The summed E-state index contributed by atoms with van der Waals surface area (Å²) in [6.07, 6.45) is 0. The molecule has 1 aromatic carbocycles. The van der Waals surface area contributed by atoms with Gasteiger partial charge in [0.25, 0.3) is 0 Å². The van der Waals surface area contributed by atoms with Crippen molar-refractivity contribution in [1.82, 2.24) is 15.5 Å². The van der Waals surface area contributed by atoms with Crippen molar-refractivity contribution in [2.45, 2.75) is 6.54 Å². The second kappa shape index (κ2) is 6.02. The molecule has 5 heteroatoms. The molecule has 0 saturated carbocycles. The summed E-state index contributed by atoms with van der Waals surface area (Å²) in [5, 5.41) is 6.16. The minimum absolute atomic E-state index is 0.0160. The molecule has 0 unspecified atom stereocenters. The predicted molar refractivity (Wildman–Crippen MR) is 70.8 cm³/mol. The van der Waals surface area contributed by atoms with Gasteiger partial charge in [-0.25, -0.2) is 4.79 Å². The van der Waals surface area contributed by atoms with Crippen molar-refractivity contribution in [2.24, 2.45) is 0 Å². The van der Waals surface area contributed by atoms with Crippen LogP contribution in [-0.4, -0.2) is 37.1 Å². The van der Waals surface area contributed by atoms with E-state index in [2.05, 4.69) is 26.6 Å². The minimum Gasteiger partial charge on any atom is -0.334 e. The summed E-state index contributed by atoms with van der Waals surface area (Å²) in [5.74, 6) is 0. The van der Waals surface area contributed by atoms with Gasteiger partial charge in [0.1, 0.15) is 0 Å². The molecule has 4 nitrogen and oxygen atoms in total. The van der Waals surface area contributed by atoms with Gasteiger partial charge in [0, 0.05) is 37.2 Å². The van der Waals surface area contributed by atoms with Crippen LogP contribution in [0.15, 0.2) is 28.7 Å². The van der Waals surface area contributed by atoms with Gasteiger partial charge in [-0.2, -0.15) is 0 Å². The Balaban J connectivity index is 1.85.